The fraction of sp³-hybridized carbons (Fsp3) is 0.444. The van der Waals surface area contributed by atoms with E-state index in [1.54, 1.807) is 10.6 Å². The number of nitriles is 2. The summed E-state index contributed by atoms with van der Waals surface area (Å²) < 4.78 is 1.72. The Morgan fingerprint density at radius 2 is 2.12 bits per heavy atom. The van der Waals surface area contributed by atoms with E-state index in [0.29, 0.717) is 41.2 Å². The Balaban J connectivity index is 2.31. The van der Waals surface area contributed by atoms with E-state index >= 15 is 0 Å². The van der Waals surface area contributed by atoms with Crippen molar-refractivity contribution < 1.29 is 0 Å². The van der Waals surface area contributed by atoms with Crippen LogP contribution in [0.25, 0.3) is 10.9 Å². The van der Waals surface area contributed by atoms with Crippen LogP contribution in [-0.2, 0) is 6.54 Å². The van der Waals surface area contributed by atoms with Gasteiger partial charge in [-0.15, -0.1) is 0 Å². The number of benzene rings is 1. The van der Waals surface area contributed by atoms with Gasteiger partial charge in [0, 0.05) is 18.7 Å². The van der Waals surface area contributed by atoms with Crippen LogP contribution in [0, 0.1) is 28.6 Å². The Hall–Kier alpha value is -2.31. The number of hydrogen-bond donors (Lipinski definition) is 0. The molecule has 0 aliphatic heterocycles. The van der Waals surface area contributed by atoms with Gasteiger partial charge < -0.3 is 0 Å². The lowest BCUT2D eigenvalue weighted by Crippen LogP contribution is -2.23. The number of thioether (sulfide) groups is 1. The highest BCUT2D eigenvalue weighted by molar-refractivity contribution is 7.99. The first-order chi connectivity index (χ1) is 11.7. The van der Waals surface area contributed by atoms with Gasteiger partial charge in [0.2, 0.25) is 0 Å². The van der Waals surface area contributed by atoms with E-state index in [0.717, 1.165) is 12.8 Å². The van der Waals surface area contributed by atoms with Crippen LogP contribution >= 0.6 is 11.8 Å². The van der Waals surface area contributed by atoms with Crippen molar-refractivity contribution in [1.82, 2.24) is 9.55 Å². The van der Waals surface area contributed by atoms with Crippen LogP contribution in [-0.4, -0.2) is 15.3 Å². The molecule has 6 heteroatoms. The molecule has 2 rings (SSSR count). The maximum Gasteiger partial charge on any atom is 0.262 e. The molecule has 0 N–H and O–H groups in total. The third kappa shape index (κ3) is 4.37. The first-order valence-electron chi connectivity index (χ1n) is 8.10. The number of aromatic nitrogens is 2. The molecular formula is C18H20N4OS. The molecule has 0 saturated carbocycles. The summed E-state index contributed by atoms with van der Waals surface area (Å²) in [5.41, 5.74) is 0.658. The third-order valence-electron chi connectivity index (χ3n) is 3.76. The molecule has 0 radical (unpaired) electrons. The molecule has 1 aromatic carbocycles. The van der Waals surface area contributed by atoms with Crippen LogP contribution in [0.15, 0.2) is 34.2 Å². The molecule has 0 amide bonds. The lowest BCUT2D eigenvalue weighted by Gasteiger charge is -2.13. The number of para-hydroxylation sites is 1. The summed E-state index contributed by atoms with van der Waals surface area (Å²) >= 11 is 1.43. The summed E-state index contributed by atoms with van der Waals surface area (Å²) in [5.74, 6) is 0.326. The van der Waals surface area contributed by atoms with Gasteiger partial charge in [0.25, 0.3) is 5.56 Å². The molecule has 2 aromatic rings. The van der Waals surface area contributed by atoms with E-state index in [-0.39, 0.29) is 11.5 Å². The maximum absolute atomic E-state index is 12.7. The lowest BCUT2D eigenvalue weighted by molar-refractivity contribution is 0.556. The van der Waals surface area contributed by atoms with E-state index < -0.39 is 0 Å². The SMILES string of the molecule is CCCCn1c(SC[C@H](C#N)CCC#N)nc2ccccc2c1=O. The monoisotopic (exact) mass is 340 g/mol. The standard InChI is InChI=1S/C18H20N4OS/c1-2-3-11-22-17(23)15-8-4-5-9-16(15)21-18(22)24-13-14(12-20)7-6-10-19/h4-5,8-9,14H,2-3,6-7,11,13H2,1H3/t14-/m0/s1. The second-order valence-corrected chi connectivity index (χ2v) is 6.54. The zero-order valence-electron chi connectivity index (χ0n) is 13.7. The Morgan fingerprint density at radius 3 is 2.83 bits per heavy atom. The minimum absolute atomic E-state index is 0.0258. The molecule has 0 bridgehead atoms. The highest BCUT2D eigenvalue weighted by Gasteiger charge is 2.14. The van der Waals surface area contributed by atoms with Crippen molar-refractivity contribution in [1.29, 1.82) is 10.5 Å². The highest BCUT2D eigenvalue weighted by atomic mass is 32.2. The van der Waals surface area contributed by atoms with Gasteiger partial charge in [0.1, 0.15) is 0 Å². The third-order valence-corrected chi connectivity index (χ3v) is 4.90. The van der Waals surface area contributed by atoms with Crippen LogP contribution in [0.1, 0.15) is 32.6 Å². The highest BCUT2D eigenvalue weighted by Crippen LogP contribution is 2.22. The number of unbranched alkanes of at least 4 members (excludes halogenated alkanes) is 1. The van der Waals surface area contributed by atoms with E-state index in [4.69, 9.17) is 5.26 Å². The first-order valence-corrected chi connectivity index (χ1v) is 9.08. The van der Waals surface area contributed by atoms with E-state index in [9.17, 15) is 10.1 Å². The molecular weight excluding hydrogens is 320 g/mol. The van der Waals surface area contributed by atoms with Crippen molar-refractivity contribution in [3.05, 3.63) is 34.6 Å². The molecule has 0 aliphatic rings. The summed E-state index contributed by atoms with van der Waals surface area (Å²) in [6.07, 6.45) is 2.81. The van der Waals surface area contributed by atoms with Gasteiger partial charge in [0.15, 0.2) is 5.16 Å². The molecule has 1 atom stereocenters. The predicted molar refractivity (Wildman–Crippen MR) is 95.6 cm³/mol. The van der Waals surface area contributed by atoms with Crippen LogP contribution in [0.2, 0.25) is 0 Å². The van der Waals surface area contributed by atoms with Gasteiger partial charge in [-0.1, -0.05) is 37.2 Å². The quantitative estimate of drug-likeness (QED) is 0.540. The summed E-state index contributed by atoms with van der Waals surface area (Å²) in [7, 11) is 0. The fourth-order valence-electron chi connectivity index (χ4n) is 2.37. The van der Waals surface area contributed by atoms with E-state index in [2.05, 4.69) is 24.0 Å². The van der Waals surface area contributed by atoms with Crippen molar-refractivity contribution >= 4 is 22.7 Å². The minimum Gasteiger partial charge on any atom is -0.287 e. The first kappa shape index (κ1) is 18.0. The molecule has 0 spiro atoms. The molecule has 0 aliphatic carbocycles. The lowest BCUT2D eigenvalue weighted by atomic mass is 10.1. The minimum atomic E-state index is -0.211. The number of fused-ring (bicyclic) bond motifs is 1. The van der Waals surface area contributed by atoms with Crippen LogP contribution < -0.4 is 5.56 Å². The molecule has 124 valence electrons. The van der Waals surface area contributed by atoms with Gasteiger partial charge in [-0.3, -0.25) is 9.36 Å². The smallest absolute Gasteiger partial charge is 0.262 e. The van der Waals surface area contributed by atoms with Crippen molar-refractivity contribution in [3.8, 4) is 12.1 Å². The zero-order valence-corrected chi connectivity index (χ0v) is 14.6. The molecule has 1 aromatic heterocycles. The number of rotatable bonds is 8. The largest absolute Gasteiger partial charge is 0.287 e. The van der Waals surface area contributed by atoms with Gasteiger partial charge >= 0.3 is 0 Å². The Kier molecular flexibility index (Phi) is 6.84. The van der Waals surface area contributed by atoms with Gasteiger partial charge in [-0.25, -0.2) is 4.98 Å². The van der Waals surface area contributed by atoms with Gasteiger partial charge in [-0.05, 0) is 25.0 Å². The zero-order chi connectivity index (χ0) is 17.4. The molecule has 0 fully saturated rings. The normalized spacial score (nSPS) is 11.8. The van der Waals surface area contributed by atoms with E-state index in [1.807, 2.05) is 18.2 Å². The molecule has 1 heterocycles. The molecule has 0 unspecified atom stereocenters. The topological polar surface area (TPSA) is 82.5 Å². The molecule has 5 nitrogen and oxygen atoms in total. The number of nitrogens with zero attached hydrogens (tertiary/aromatic N) is 4. The average molecular weight is 340 g/mol. The van der Waals surface area contributed by atoms with Crippen molar-refractivity contribution in [2.24, 2.45) is 5.92 Å². The van der Waals surface area contributed by atoms with Gasteiger partial charge in [-0.2, -0.15) is 10.5 Å². The average Bonchev–Trinajstić information content (AvgIpc) is 2.61. The predicted octanol–water partition coefficient (Wildman–Crippen LogP) is 3.73. The van der Waals surface area contributed by atoms with Crippen LogP contribution in [0.4, 0.5) is 0 Å². The van der Waals surface area contributed by atoms with Crippen LogP contribution in [0.5, 0.6) is 0 Å². The fourth-order valence-corrected chi connectivity index (χ4v) is 3.45. The summed E-state index contributed by atoms with van der Waals surface area (Å²) in [5, 5.41) is 19.2. The summed E-state index contributed by atoms with van der Waals surface area (Å²) in [6.45, 7) is 2.71. The summed E-state index contributed by atoms with van der Waals surface area (Å²) in [4.78, 5) is 17.4. The summed E-state index contributed by atoms with van der Waals surface area (Å²) in [6, 6.07) is 11.6. The Labute approximate surface area is 145 Å². The second kappa shape index (κ2) is 9.10. The van der Waals surface area contributed by atoms with Crippen molar-refractivity contribution in [2.75, 3.05) is 5.75 Å². The number of hydrogen-bond acceptors (Lipinski definition) is 5. The second-order valence-electron chi connectivity index (χ2n) is 5.56. The Bertz CT molecular complexity index is 831. The molecule has 0 saturated heterocycles. The van der Waals surface area contributed by atoms with Crippen LogP contribution in [0.3, 0.4) is 0 Å². The maximum atomic E-state index is 12.7. The molecule has 24 heavy (non-hydrogen) atoms. The van der Waals surface area contributed by atoms with E-state index in [1.165, 1.54) is 11.8 Å². The van der Waals surface area contributed by atoms with Crippen molar-refractivity contribution in [2.45, 2.75) is 44.3 Å². The Morgan fingerprint density at radius 1 is 1.33 bits per heavy atom. The van der Waals surface area contributed by atoms with Gasteiger partial charge in [0.05, 0.1) is 29.0 Å². The van der Waals surface area contributed by atoms with Crippen molar-refractivity contribution in [3.63, 3.8) is 0 Å².